The molecule has 0 aliphatic heterocycles. The molecule has 3 rings (SSSR count). The topological polar surface area (TPSA) is 94.3 Å². The fraction of sp³-hybridized carbons (Fsp3) is 0.350. The van der Waals surface area contributed by atoms with Gasteiger partial charge in [-0.15, -0.1) is 0 Å². The molecule has 2 amide bonds. The first-order valence-corrected chi connectivity index (χ1v) is 9.15. The standard InChI is InChI=1S/C20H20F3N3O3/c21-20(22,23)16-7-2-1-6-15(16)19(28)26-13-8-9-17(25-11-13)29-14-5-3-4-12(10-14)18(24)27/h3-5,8-11,15-16H,1-2,6-7H2,(H2,24,27)(H,26,28). The van der Waals surface area contributed by atoms with Crippen LogP contribution < -0.4 is 15.8 Å². The van der Waals surface area contributed by atoms with E-state index in [0.29, 0.717) is 18.6 Å². The molecule has 1 aromatic heterocycles. The molecule has 0 bridgehead atoms. The number of nitrogens with one attached hydrogen (secondary N) is 1. The highest BCUT2D eigenvalue weighted by molar-refractivity contribution is 5.93. The zero-order valence-electron chi connectivity index (χ0n) is 15.4. The normalized spacial score (nSPS) is 19.4. The molecule has 1 aromatic carbocycles. The Kier molecular flexibility index (Phi) is 6.05. The minimum Gasteiger partial charge on any atom is -0.439 e. The Hall–Kier alpha value is -3.10. The quantitative estimate of drug-likeness (QED) is 0.774. The number of nitrogens with two attached hydrogens (primary N) is 1. The van der Waals surface area contributed by atoms with Crippen LogP contribution in [-0.4, -0.2) is 23.0 Å². The summed E-state index contributed by atoms with van der Waals surface area (Å²) in [6, 6.07) is 9.18. The largest absolute Gasteiger partial charge is 0.439 e. The predicted molar refractivity (Wildman–Crippen MR) is 99.4 cm³/mol. The number of benzene rings is 1. The third kappa shape index (κ3) is 5.24. The highest BCUT2D eigenvalue weighted by atomic mass is 19.4. The van der Waals surface area contributed by atoms with Crippen LogP contribution in [-0.2, 0) is 4.79 Å². The molecule has 2 atom stereocenters. The van der Waals surface area contributed by atoms with Crippen LogP contribution in [0.1, 0.15) is 36.0 Å². The zero-order chi connectivity index (χ0) is 21.0. The number of nitrogens with zero attached hydrogens (tertiary/aromatic N) is 1. The number of anilines is 1. The van der Waals surface area contributed by atoms with Gasteiger partial charge >= 0.3 is 6.18 Å². The number of primary amides is 1. The van der Waals surface area contributed by atoms with E-state index in [-0.39, 0.29) is 30.0 Å². The van der Waals surface area contributed by atoms with Crippen molar-refractivity contribution in [3.05, 3.63) is 48.2 Å². The smallest absolute Gasteiger partial charge is 0.392 e. The number of hydrogen-bond acceptors (Lipinski definition) is 4. The van der Waals surface area contributed by atoms with Crippen LogP contribution in [0.15, 0.2) is 42.6 Å². The summed E-state index contributed by atoms with van der Waals surface area (Å²) in [4.78, 5) is 27.6. The molecule has 1 aliphatic rings. The van der Waals surface area contributed by atoms with Crippen molar-refractivity contribution in [3.8, 4) is 11.6 Å². The predicted octanol–water partition coefficient (Wildman–Crippen LogP) is 4.28. The number of halogens is 3. The van der Waals surface area contributed by atoms with Crippen molar-refractivity contribution in [3.63, 3.8) is 0 Å². The van der Waals surface area contributed by atoms with Crippen molar-refractivity contribution >= 4 is 17.5 Å². The van der Waals surface area contributed by atoms with Crippen LogP contribution >= 0.6 is 0 Å². The van der Waals surface area contributed by atoms with Crippen molar-refractivity contribution in [2.24, 2.45) is 17.6 Å². The van der Waals surface area contributed by atoms with Gasteiger partial charge in [-0.1, -0.05) is 18.9 Å². The van der Waals surface area contributed by atoms with Crippen molar-refractivity contribution < 1.29 is 27.5 Å². The van der Waals surface area contributed by atoms with Gasteiger partial charge in [0, 0.05) is 17.5 Å². The number of hydrogen-bond donors (Lipinski definition) is 2. The van der Waals surface area contributed by atoms with Crippen LogP contribution in [0.5, 0.6) is 11.6 Å². The van der Waals surface area contributed by atoms with E-state index >= 15 is 0 Å². The lowest BCUT2D eigenvalue weighted by molar-refractivity contribution is -0.197. The summed E-state index contributed by atoms with van der Waals surface area (Å²) in [5, 5.41) is 2.51. The van der Waals surface area contributed by atoms with Gasteiger partial charge in [-0.3, -0.25) is 9.59 Å². The van der Waals surface area contributed by atoms with E-state index in [4.69, 9.17) is 10.5 Å². The van der Waals surface area contributed by atoms with Crippen molar-refractivity contribution in [1.82, 2.24) is 4.98 Å². The van der Waals surface area contributed by atoms with E-state index in [0.717, 1.165) is 0 Å². The average molecular weight is 407 g/mol. The number of ether oxygens (including phenoxy) is 1. The highest BCUT2D eigenvalue weighted by Crippen LogP contribution is 2.41. The van der Waals surface area contributed by atoms with Crippen LogP contribution in [0.2, 0.25) is 0 Å². The molecule has 3 N–H and O–H groups in total. The minimum absolute atomic E-state index is 0.0308. The molecular formula is C20H20F3N3O3. The molecule has 29 heavy (non-hydrogen) atoms. The second-order valence-corrected chi connectivity index (χ2v) is 6.91. The lowest BCUT2D eigenvalue weighted by Gasteiger charge is -2.31. The summed E-state index contributed by atoms with van der Waals surface area (Å²) in [6.07, 6.45) is -1.84. The number of carbonyl (C=O) groups is 2. The maximum absolute atomic E-state index is 13.2. The lowest BCUT2D eigenvalue weighted by atomic mass is 9.78. The van der Waals surface area contributed by atoms with Gasteiger partial charge in [-0.05, 0) is 37.1 Å². The first-order chi connectivity index (χ1) is 13.7. The maximum Gasteiger partial charge on any atom is 0.392 e. The van der Waals surface area contributed by atoms with E-state index in [2.05, 4.69) is 10.3 Å². The van der Waals surface area contributed by atoms with Gasteiger partial charge in [0.1, 0.15) is 5.75 Å². The van der Waals surface area contributed by atoms with Crippen molar-refractivity contribution in [2.45, 2.75) is 31.9 Å². The van der Waals surface area contributed by atoms with E-state index < -0.39 is 29.8 Å². The molecule has 0 radical (unpaired) electrons. The number of alkyl halides is 3. The summed E-state index contributed by atoms with van der Waals surface area (Å²) in [5.41, 5.74) is 5.77. The van der Waals surface area contributed by atoms with Crippen LogP contribution in [0.3, 0.4) is 0 Å². The number of amides is 2. The highest BCUT2D eigenvalue weighted by Gasteiger charge is 2.48. The van der Waals surface area contributed by atoms with Crippen LogP contribution in [0.4, 0.5) is 18.9 Å². The molecule has 6 nitrogen and oxygen atoms in total. The molecule has 1 aliphatic carbocycles. The fourth-order valence-electron chi connectivity index (χ4n) is 3.42. The summed E-state index contributed by atoms with van der Waals surface area (Å²) >= 11 is 0. The molecule has 1 heterocycles. The monoisotopic (exact) mass is 407 g/mol. The molecule has 154 valence electrons. The van der Waals surface area contributed by atoms with Crippen LogP contribution in [0.25, 0.3) is 0 Å². The molecule has 0 saturated heterocycles. The SMILES string of the molecule is NC(=O)c1cccc(Oc2ccc(NC(=O)C3CCCCC3C(F)(F)F)cn2)c1. The molecule has 1 saturated carbocycles. The van der Waals surface area contributed by atoms with E-state index in [1.165, 1.54) is 24.4 Å². The van der Waals surface area contributed by atoms with Gasteiger partial charge in [0.2, 0.25) is 17.7 Å². The Bertz CT molecular complexity index is 885. The first kappa shape index (κ1) is 20.6. The third-order valence-corrected chi connectivity index (χ3v) is 4.87. The second kappa shape index (κ2) is 8.50. The first-order valence-electron chi connectivity index (χ1n) is 9.15. The van der Waals surface area contributed by atoms with E-state index in [9.17, 15) is 22.8 Å². The van der Waals surface area contributed by atoms with Crippen molar-refractivity contribution in [2.75, 3.05) is 5.32 Å². The van der Waals surface area contributed by atoms with E-state index in [1.54, 1.807) is 18.2 Å². The van der Waals surface area contributed by atoms with Gasteiger partial charge < -0.3 is 15.8 Å². The Balaban J connectivity index is 1.65. The summed E-state index contributed by atoms with van der Waals surface area (Å²) in [6.45, 7) is 0. The van der Waals surface area contributed by atoms with Crippen molar-refractivity contribution in [1.29, 1.82) is 0 Å². The molecule has 9 heteroatoms. The van der Waals surface area contributed by atoms with Gasteiger partial charge in [-0.2, -0.15) is 13.2 Å². The zero-order valence-corrected chi connectivity index (χ0v) is 15.4. The Morgan fingerprint density at radius 3 is 2.55 bits per heavy atom. The summed E-state index contributed by atoms with van der Waals surface area (Å²) in [7, 11) is 0. The van der Waals surface area contributed by atoms with Crippen LogP contribution in [0, 0.1) is 11.8 Å². The second-order valence-electron chi connectivity index (χ2n) is 6.91. The number of rotatable bonds is 5. The molecule has 2 unspecified atom stereocenters. The third-order valence-electron chi connectivity index (χ3n) is 4.87. The molecule has 0 spiro atoms. The number of aromatic nitrogens is 1. The fourth-order valence-corrected chi connectivity index (χ4v) is 3.42. The maximum atomic E-state index is 13.2. The average Bonchev–Trinajstić information content (AvgIpc) is 2.69. The van der Waals surface area contributed by atoms with Gasteiger partial charge in [-0.25, -0.2) is 4.98 Å². The molecule has 2 aromatic rings. The van der Waals surface area contributed by atoms with Gasteiger partial charge in [0.05, 0.1) is 17.8 Å². The summed E-state index contributed by atoms with van der Waals surface area (Å²) < 4.78 is 45.1. The summed E-state index contributed by atoms with van der Waals surface area (Å²) in [5.74, 6) is -3.44. The van der Waals surface area contributed by atoms with Gasteiger partial charge in [0.15, 0.2) is 0 Å². The molecule has 1 fully saturated rings. The van der Waals surface area contributed by atoms with Gasteiger partial charge in [0.25, 0.3) is 0 Å². The molecular weight excluding hydrogens is 387 g/mol. The Labute approximate surface area is 165 Å². The number of pyridine rings is 1. The minimum atomic E-state index is -4.39. The lowest BCUT2D eigenvalue weighted by Crippen LogP contribution is -2.39. The Morgan fingerprint density at radius 1 is 1.14 bits per heavy atom. The van der Waals surface area contributed by atoms with E-state index in [1.807, 2.05) is 0 Å². The Morgan fingerprint density at radius 2 is 1.90 bits per heavy atom. The number of carbonyl (C=O) groups excluding carboxylic acids is 2.